The molecule has 128 valence electrons. The van der Waals surface area contributed by atoms with Gasteiger partial charge in [-0.25, -0.2) is 0 Å². The maximum absolute atomic E-state index is 12.2. The maximum Gasteiger partial charge on any atom is 0.313 e. The molecule has 0 spiro atoms. The van der Waals surface area contributed by atoms with Gasteiger partial charge in [0.25, 0.3) is 0 Å². The number of carbonyl (C=O) groups is 1. The molecule has 0 bridgehead atoms. The largest absolute Gasteiger partial charge is 0.469 e. The van der Waals surface area contributed by atoms with Crippen molar-refractivity contribution >= 4 is 21.9 Å². The fraction of sp³-hybridized carbons (Fsp3) is 0.263. The predicted molar refractivity (Wildman–Crippen MR) is 95.0 cm³/mol. The lowest BCUT2D eigenvalue weighted by atomic mass is 9.95. The topological polar surface area (TPSA) is 62.6 Å². The first kappa shape index (κ1) is 17.6. The molecule has 5 nitrogen and oxygen atoms in total. The Balaban J connectivity index is 1.82. The first-order chi connectivity index (χ1) is 12.1. The molecule has 1 fully saturated rings. The number of hydrogen-bond donors (Lipinski definition) is 0. The van der Waals surface area contributed by atoms with Crippen LogP contribution in [0.1, 0.15) is 22.8 Å². The van der Waals surface area contributed by atoms with E-state index in [-0.39, 0.29) is 5.97 Å². The van der Waals surface area contributed by atoms with Crippen molar-refractivity contribution in [3.8, 4) is 6.07 Å². The monoisotopic (exact) mass is 400 g/mol. The molecule has 3 rings (SSSR count). The van der Waals surface area contributed by atoms with Gasteiger partial charge in [-0.1, -0.05) is 40.2 Å². The van der Waals surface area contributed by atoms with Crippen molar-refractivity contribution in [3.63, 3.8) is 0 Å². The zero-order chi connectivity index (χ0) is 17.8. The average molecular weight is 401 g/mol. The minimum absolute atomic E-state index is 0.314. The smallest absolute Gasteiger partial charge is 0.313 e. The molecular weight excluding hydrogens is 384 g/mol. The molecule has 1 aliphatic rings. The fourth-order valence-corrected chi connectivity index (χ4v) is 3.18. The summed E-state index contributed by atoms with van der Waals surface area (Å²) < 4.78 is 5.95. The Labute approximate surface area is 154 Å². The van der Waals surface area contributed by atoms with Crippen LogP contribution in [0.3, 0.4) is 0 Å². The number of hydroxylamine groups is 2. The highest BCUT2D eigenvalue weighted by molar-refractivity contribution is 9.10. The van der Waals surface area contributed by atoms with Crippen molar-refractivity contribution in [2.75, 3.05) is 13.7 Å². The molecule has 0 saturated carbocycles. The van der Waals surface area contributed by atoms with E-state index in [1.807, 2.05) is 30.3 Å². The summed E-state index contributed by atoms with van der Waals surface area (Å²) in [6.07, 6.45) is -0.462. The lowest BCUT2D eigenvalue weighted by molar-refractivity contribution is -0.161. The second-order valence-corrected chi connectivity index (χ2v) is 6.76. The summed E-state index contributed by atoms with van der Waals surface area (Å²) >= 11 is 3.42. The number of ether oxygens (including phenoxy) is 1. The molecule has 2 atom stereocenters. The van der Waals surface area contributed by atoms with Gasteiger partial charge in [-0.3, -0.25) is 9.63 Å². The highest BCUT2D eigenvalue weighted by Gasteiger charge is 2.40. The Morgan fingerprint density at radius 2 is 2.12 bits per heavy atom. The van der Waals surface area contributed by atoms with Crippen LogP contribution in [0.5, 0.6) is 0 Å². The Hall–Kier alpha value is -2.20. The SMILES string of the molecule is COC(=O)C1CN(Cc2ccc(Br)cc2)OC1c1cccc(C#N)c1. The Morgan fingerprint density at radius 3 is 2.80 bits per heavy atom. The second-order valence-electron chi connectivity index (χ2n) is 5.84. The van der Waals surface area contributed by atoms with E-state index in [1.54, 1.807) is 23.3 Å². The molecule has 1 aliphatic heterocycles. The summed E-state index contributed by atoms with van der Waals surface area (Å²) in [6, 6.07) is 17.2. The van der Waals surface area contributed by atoms with Gasteiger partial charge in [-0.15, -0.1) is 0 Å². The summed E-state index contributed by atoms with van der Waals surface area (Å²) in [5, 5.41) is 10.9. The van der Waals surface area contributed by atoms with Crippen LogP contribution in [0.4, 0.5) is 0 Å². The number of hydrogen-bond acceptors (Lipinski definition) is 5. The van der Waals surface area contributed by atoms with E-state index >= 15 is 0 Å². The van der Waals surface area contributed by atoms with E-state index < -0.39 is 12.0 Å². The summed E-state index contributed by atoms with van der Waals surface area (Å²) in [5.41, 5.74) is 2.42. The van der Waals surface area contributed by atoms with Gasteiger partial charge in [0.15, 0.2) is 0 Å². The Kier molecular flexibility index (Phi) is 5.49. The van der Waals surface area contributed by atoms with Crippen LogP contribution in [0.15, 0.2) is 53.0 Å². The van der Waals surface area contributed by atoms with Crippen LogP contribution >= 0.6 is 15.9 Å². The van der Waals surface area contributed by atoms with Gasteiger partial charge < -0.3 is 4.74 Å². The quantitative estimate of drug-likeness (QED) is 0.733. The van der Waals surface area contributed by atoms with E-state index in [1.165, 1.54) is 7.11 Å². The zero-order valence-corrected chi connectivity index (χ0v) is 15.3. The van der Waals surface area contributed by atoms with Crippen LogP contribution in [0.25, 0.3) is 0 Å². The molecule has 1 saturated heterocycles. The second kappa shape index (κ2) is 7.79. The van der Waals surface area contributed by atoms with Gasteiger partial charge in [-0.2, -0.15) is 10.3 Å². The van der Waals surface area contributed by atoms with Crippen LogP contribution in [-0.2, 0) is 20.9 Å². The van der Waals surface area contributed by atoms with Gasteiger partial charge in [0.05, 0.1) is 18.7 Å². The van der Waals surface area contributed by atoms with Gasteiger partial charge in [0, 0.05) is 17.6 Å². The third-order valence-electron chi connectivity index (χ3n) is 4.15. The van der Waals surface area contributed by atoms with Gasteiger partial charge >= 0.3 is 5.97 Å². The molecule has 0 aliphatic carbocycles. The minimum atomic E-state index is -0.462. The highest BCUT2D eigenvalue weighted by atomic mass is 79.9. The van der Waals surface area contributed by atoms with Gasteiger partial charge in [0.1, 0.15) is 12.0 Å². The van der Waals surface area contributed by atoms with Gasteiger partial charge in [0.2, 0.25) is 0 Å². The Bertz CT molecular complexity index is 801. The number of nitriles is 1. The summed E-state index contributed by atoms with van der Waals surface area (Å²) in [6.45, 7) is 0.999. The highest BCUT2D eigenvalue weighted by Crippen LogP contribution is 2.36. The molecule has 2 unspecified atom stereocenters. The van der Waals surface area contributed by atoms with Crippen molar-refractivity contribution in [1.29, 1.82) is 5.26 Å². The summed E-state index contributed by atoms with van der Waals surface area (Å²) in [4.78, 5) is 18.2. The van der Waals surface area contributed by atoms with Crippen LogP contribution < -0.4 is 0 Å². The lowest BCUT2D eigenvalue weighted by Gasteiger charge is -2.17. The number of rotatable bonds is 4. The standard InChI is InChI=1S/C19H17BrN2O3/c1-24-19(23)17-12-22(11-13-5-7-16(20)8-6-13)25-18(17)15-4-2-3-14(9-15)10-21/h2-9,17-18H,11-12H2,1H3. The molecule has 2 aromatic carbocycles. The molecule has 0 N–H and O–H groups in total. The predicted octanol–water partition coefficient (Wildman–Crippen LogP) is 3.60. The number of halogens is 1. The lowest BCUT2D eigenvalue weighted by Crippen LogP contribution is -2.24. The molecule has 0 radical (unpaired) electrons. The normalized spacial score (nSPS) is 20.2. The van der Waals surface area contributed by atoms with Crippen LogP contribution in [0, 0.1) is 17.2 Å². The van der Waals surface area contributed by atoms with Crippen molar-refractivity contribution in [3.05, 3.63) is 69.7 Å². The van der Waals surface area contributed by atoms with Crippen LogP contribution in [0.2, 0.25) is 0 Å². The summed E-state index contributed by atoms with van der Waals surface area (Å²) in [5.74, 6) is -0.750. The molecule has 0 aromatic heterocycles. The van der Waals surface area contributed by atoms with E-state index in [0.717, 1.165) is 15.6 Å². The third kappa shape index (κ3) is 4.07. The first-order valence-corrected chi connectivity index (χ1v) is 8.64. The van der Waals surface area contributed by atoms with E-state index in [9.17, 15) is 4.79 Å². The van der Waals surface area contributed by atoms with Crippen molar-refractivity contribution in [1.82, 2.24) is 5.06 Å². The zero-order valence-electron chi connectivity index (χ0n) is 13.7. The van der Waals surface area contributed by atoms with E-state index in [0.29, 0.717) is 18.7 Å². The van der Waals surface area contributed by atoms with Crippen molar-refractivity contribution in [2.24, 2.45) is 5.92 Å². The number of carbonyl (C=O) groups excluding carboxylic acids is 1. The molecule has 6 heteroatoms. The van der Waals surface area contributed by atoms with Crippen molar-refractivity contribution in [2.45, 2.75) is 12.6 Å². The molecule has 25 heavy (non-hydrogen) atoms. The summed E-state index contributed by atoms with van der Waals surface area (Å²) in [7, 11) is 1.38. The van der Waals surface area contributed by atoms with E-state index in [4.69, 9.17) is 14.8 Å². The average Bonchev–Trinajstić information content (AvgIpc) is 3.07. The molecule has 2 aromatic rings. The molecule has 1 heterocycles. The number of benzene rings is 2. The fourth-order valence-electron chi connectivity index (χ4n) is 2.92. The molecule has 0 amide bonds. The van der Waals surface area contributed by atoms with Crippen molar-refractivity contribution < 1.29 is 14.4 Å². The molecular formula is C19H17BrN2O3. The first-order valence-electron chi connectivity index (χ1n) is 7.85. The third-order valence-corrected chi connectivity index (χ3v) is 4.68. The number of esters is 1. The number of nitrogens with zero attached hydrogens (tertiary/aromatic N) is 2. The maximum atomic E-state index is 12.2. The number of methoxy groups -OCH3 is 1. The van der Waals surface area contributed by atoms with E-state index in [2.05, 4.69) is 22.0 Å². The minimum Gasteiger partial charge on any atom is -0.469 e. The Morgan fingerprint density at radius 1 is 1.36 bits per heavy atom. The van der Waals surface area contributed by atoms with Gasteiger partial charge in [-0.05, 0) is 35.4 Å². The van der Waals surface area contributed by atoms with Crippen LogP contribution in [-0.4, -0.2) is 24.7 Å².